The van der Waals surface area contributed by atoms with Crippen LogP contribution in [0.2, 0.25) is 0 Å². The molecule has 2 aliphatic rings. The number of carboxylic acid groups (broad SMARTS) is 1. The molecule has 5 nitrogen and oxygen atoms in total. The van der Waals surface area contributed by atoms with Crippen molar-refractivity contribution < 1.29 is 18.3 Å². The van der Waals surface area contributed by atoms with Crippen LogP contribution in [0.4, 0.5) is 0 Å². The molecule has 0 heterocycles. The van der Waals surface area contributed by atoms with E-state index in [4.69, 9.17) is 5.11 Å². The lowest BCUT2D eigenvalue weighted by Gasteiger charge is -2.16. The van der Waals surface area contributed by atoms with Gasteiger partial charge >= 0.3 is 5.97 Å². The first-order chi connectivity index (χ1) is 9.86. The van der Waals surface area contributed by atoms with Crippen LogP contribution in [0.5, 0.6) is 0 Å². The maximum atomic E-state index is 12.4. The molecule has 2 N–H and O–H groups in total. The second kappa shape index (κ2) is 4.81. The molecule has 1 aromatic rings. The van der Waals surface area contributed by atoms with Crippen molar-refractivity contribution in [3.63, 3.8) is 0 Å². The lowest BCUT2D eigenvalue weighted by molar-refractivity contribution is 0.0696. The smallest absolute Gasteiger partial charge is 0.335 e. The zero-order chi connectivity index (χ0) is 15.3. The van der Waals surface area contributed by atoms with Gasteiger partial charge in [-0.25, -0.2) is 17.9 Å². The van der Waals surface area contributed by atoms with Crippen LogP contribution in [0.1, 0.15) is 41.6 Å². The Morgan fingerprint density at radius 1 is 1.38 bits per heavy atom. The number of sulfonamides is 1. The van der Waals surface area contributed by atoms with Crippen LogP contribution in [0.15, 0.2) is 23.1 Å². The maximum absolute atomic E-state index is 12.4. The highest BCUT2D eigenvalue weighted by Crippen LogP contribution is 2.60. The van der Waals surface area contributed by atoms with Gasteiger partial charge in [-0.05, 0) is 61.6 Å². The van der Waals surface area contributed by atoms with E-state index in [0.717, 1.165) is 12.8 Å². The first-order valence-electron chi connectivity index (χ1n) is 7.18. The summed E-state index contributed by atoms with van der Waals surface area (Å²) in [5, 5.41) is 9.09. The number of carboxylic acids is 1. The van der Waals surface area contributed by atoms with E-state index in [1.54, 1.807) is 0 Å². The Kier molecular flexibility index (Phi) is 3.33. The molecule has 2 saturated carbocycles. The molecule has 0 saturated heterocycles. The fourth-order valence-electron chi connectivity index (χ4n) is 3.04. The van der Waals surface area contributed by atoms with Gasteiger partial charge in [0, 0.05) is 6.54 Å². The van der Waals surface area contributed by atoms with Crippen molar-refractivity contribution in [3.05, 3.63) is 29.3 Å². The summed E-state index contributed by atoms with van der Waals surface area (Å²) in [6, 6.07) is 4.35. The molecule has 2 fully saturated rings. The molecule has 0 atom stereocenters. The molecule has 0 radical (unpaired) electrons. The van der Waals surface area contributed by atoms with Gasteiger partial charge in [-0.2, -0.15) is 0 Å². The minimum Gasteiger partial charge on any atom is -0.478 e. The van der Waals surface area contributed by atoms with Gasteiger partial charge in [0.15, 0.2) is 0 Å². The first kappa shape index (κ1) is 14.5. The van der Waals surface area contributed by atoms with Crippen molar-refractivity contribution in [1.29, 1.82) is 0 Å². The van der Waals surface area contributed by atoms with E-state index in [-0.39, 0.29) is 21.4 Å². The van der Waals surface area contributed by atoms with E-state index in [2.05, 4.69) is 4.72 Å². The minimum absolute atomic E-state index is 0.0289. The Balaban J connectivity index is 1.81. The zero-order valence-corrected chi connectivity index (χ0v) is 12.7. The number of aromatic carboxylic acids is 1. The van der Waals surface area contributed by atoms with Gasteiger partial charge in [0.25, 0.3) is 0 Å². The molecule has 21 heavy (non-hydrogen) atoms. The SMILES string of the molecule is Cc1c(C(=O)O)cccc1S(=O)(=O)NCC1(C2CC2)CC1. The highest BCUT2D eigenvalue weighted by molar-refractivity contribution is 7.89. The van der Waals surface area contributed by atoms with E-state index < -0.39 is 16.0 Å². The van der Waals surface area contributed by atoms with E-state index in [9.17, 15) is 13.2 Å². The monoisotopic (exact) mass is 309 g/mol. The number of benzene rings is 1. The molecule has 0 unspecified atom stereocenters. The van der Waals surface area contributed by atoms with E-state index >= 15 is 0 Å². The Labute approximate surface area is 124 Å². The summed E-state index contributed by atoms with van der Waals surface area (Å²) in [7, 11) is -3.66. The molecule has 0 aromatic heterocycles. The normalized spacial score (nSPS) is 20.2. The fraction of sp³-hybridized carbons (Fsp3) is 0.533. The van der Waals surface area contributed by atoms with E-state index in [0.29, 0.717) is 12.5 Å². The number of hydrogen-bond donors (Lipinski definition) is 2. The third-order valence-electron chi connectivity index (χ3n) is 4.75. The first-order valence-corrected chi connectivity index (χ1v) is 8.67. The van der Waals surface area contributed by atoms with Crippen molar-refractivity contribution in [2.24, 2.45) is 11.3 Å². The van der Waals surface area contributed by atoms with Gasteiger partial charge in [-0.1, -0.05) is 6.07 Å². The van der Waals surface area contributed by atoms with Crippen LogP contribution in [-0.4, -0.2) is 26.0 Å². The van der Waals surface area contributed by atoms with Gasteiger partial charge < -0.3 is 5.11 Å². The van der Waals surface area contributed by atoms with Gasteiger partial charge in [-0.15, -0.1) is 0 Å². The molecule has 2 aliphatic carbocycles. The van der Waals surface area contributed by atoms with Crippen molar-refractivity contribution >= 4 is 16.0 Å². The highest BCUT2D eigenvalue weighted by atomic mass is 32.2. The molecule has 6 heteroatoms. The van der Waals surface area contributed by atoms with Crippen LogP contribution in [0.3, 0.4) is 0 Å². The molecule has 0 aliphatic heterocycles. The molecule has 3 rings (SSSR count). The lowest BCUT2D eigenvalue weighted by atomic mass is 10.0. The molecule has 0 amide bonds. The van der Waals surface area contributed by atoms with Crippen LogP contribution in [-0.2, 0) is 10.0 Å². The number of hydrogen-bond acceptors (Lipinski definition) is 3. The molecular formula is C15H19NO4S. The Morgan fingerprint density at radius 3 is 2.57 bits per heavy atom. The van der Waals surface area contributed by atoms with Crippen molar-refractivity contribution in [1.82, 2.24) is 4.72 Å². The molecule has 0 spiro atoms. The summed E-state index contributed by atoms with van der Waals surface area (Å²) in [6.45, 7) is 2.00. The summed E-state index contributed by atoms with van der Waals surface area (Å²) in [5.74, 6) is -0.437. The van der Waals surface area contributed by atoms with Crippen LogP contribution >= 0.6 is 0 Å². The summed E-state index contributed by atoms with van der Waals surface area (Å²) in [6.07, 6.45) is 4.59. The predicted octanol–water partition coefficient (Wildman–Crippen LogP) is 2.16. The quantitative estimate of drug-likeness (QED) is 0.843. The van der Waals surface area contributed by atoms with E-state index in [1.165, 1.54) is 38.0 Å². The summed E-state index contributed by atoms with van der Waals surface area (Å²) in [5.41, 5.74) is 0.487. The predicted molar refractivity (Wildman–Crippen MR) is 77.7 cm³/mol. The Morgan fingerprint density at radius 2 is 2.05 bits per heavy atom. The van der Waals surface area contributed by atoms with Gasteiger partial charge in [0.05, 0.1) is 10.5 Å². The minimum atomic E-state index is -3.66. The van der Waals surface area contributed by atoms with Gasteiger partial charge in [0.1, 0.15) is 0 Å². The second-order valence-electron chi connectivity index (χ2n) is 6.20. The number of carbonyl (C=O) groups is 1. The van der Waals surface area contributed by atoms with Crippen molar-refractivity contribution in [2.75, 3.05) is 6.54 Å². The zero-order valence-electron chi connectivity index (χ0n) is 11.9. The van der Waals surface area contributed by atoms with Crippen molar-refractivity contribution in [3.8, 4) is 0 Å². The topological polar surface area (TPSA) is 83.5 Å². The fourth-order valence-corrected chi connectivity index (χ4v) is 4.44. The largest absolute Gasteiger partial charge is 0.478 e. The summed E-state index contributed by atoms with van der Waals surface area (Å²) in [4.78, 5) is 11.2. The molecular weight excluding hydrogens is 290 g/mol. The average molecular weight is 309 g/mol. The lowest BCUT2D eigenvalue weighted by Crippen LogP contribution is -2.32. The van der Waals surface area contributed by atoms with E-state index in [1.807, 2.05) is 0 Å². The molecule has 0 bridgehead atoms. The van der Waals surface area contributed by atoms with Gasteiger partial charge in [-0.3, -0.25) is 0 Å². The Bertz CT molecular complexity index is 688. The van der Waals surface area contributed by atoms with Crippen LogP contribution < -0.4 is 4.72 Å². The van der Waals surface area contributed by atoms with Crippen molar-refractivity contribution in [2.45, 2.75) is 37.5 Å². The average Bonchev–Trinajstić information content (AvgIpc) is 3.27. The molecule has 1 aromatic carbocycles. The Hall–Kier alpha value is -1.40. The second-order valence-corrected chi connectivity index (χ2v) is 7.93. The standard InChI is InChI=1S/C15H19NO4S/c1-10-12(14(17)18)3-2-4-13(10)21(19,20)16-9-15(7-8-15)11-5-6-11/h2-4,11,16H,5-9H2,1H3,(H,17,18). The summed E-state index contributed by atoms with van der Waals surface area (Å²) < 4.78 is 27.6. The number of nitrogens with one attached hydrogen (secondary N) is 1. The summed E-state index contributed by atoms with van der Waals surface area (Å²) >= 11 is 0. The highest BCUT2D eigenvalue weighted by Gasteiger charge is 2.53. The van der Waals surface area contributed by atoms with Crippen LogP contribution in [0, 0.1) is 18.3 Å². The third-order valence-corrected chi connectivity index (χ3v) is 6.30. The van der Waals surface area contributed by atoms with Gasteiger partial charge in [0.2, 0.25) is 10.0 Å². The maximum Gasteiger partial charge on any atom is 0.335 e. The third kappa shape index (κ3) is 2.70. The number of rotatable bonds is 6. The van der Waals surface area contributed by atoms with Crippen LogP contribution in [0.25, 0.3) is 0 Å². The molecule has 114 valence electrons.